The molecule has 4 aromatic heterocycles. The molecular formula is C20H22F2N8O. The Morgan fingerprint density at radius 2 is 2.00 bits per heavy atom. The molecule has 0 aromatic carbocycles. The Kier molecular flexibility index (Phi) is 5.10. The number of nitrogens with zero attached hydrogens (tertiary/aromatic N) is 5. The fourth-order valence-electron chi connectivity index (χ4n) is 4.11. The second-order valence-corrected chi connectivity index (χ2v) is 7.53. The molecule has 0 unspecified atom stereocenters. The van der Waals surface area contributed by atoms with Gasteiger partial charge in [0.1, 0.15) is 11.5 Å². The highest BCUT2D eigenvalue weighted by Crippen LogP contribution is 2.33. The van der Waals surface area contributed by atoms with Gasteiger partial charge >= 0.3 is 6.61 Å². The number of anilines is 2. The molecular weight excluding hydrogens is 406 g/mol. The predicted octanol–water partition coefficient (Wildman–Crippen LogP) is 3.67. The van der Waals surface area contributed by atoms with Crippen LogP contribution in [-0.2, 0) is 4.74 Å². The van der Waals surface area contributed by atoms with Crippen LogP contribution in [0.2, 0.25) is 0 Å². The molecule has 31 heavy (non-hydrogen) atoms. The minimum absolute atomic E-state index is 0.111. The Bertz CT molecular complexity index is 1200. The molecule has 1 saturated carbocycles. The lowest BCUT2D eigenvalue weighted by atomic mass is 9.93. The van der Waals surface area contributed by atoms with E-state index in [1.807, 2.05) is 31.6 Å². The summed E-state index contributed by atoms with van der Waals surface area (Å²) in [6.07, 6.45) is 7.65. The summed E-state index contributed by atoms with van der Waals surface area (Å²) in [5.41, 5.74) is 3.11. The molecule has 0 amide bonds. The molecule has 1 fully saturated rings. The lowest BCUT2D eigenvalue weighted by Gasteiger charge is -2.28. The molecule has 3 N–H and O–H groups in total. The SMILES string of the molecule is CNc1nc(N[C@H]2CC[C@H](OC(F)F)CC2)nc2[nH]cc(-c3ccn4nccc4n3)c12. The van der Waals surface area contributed by atoms with E-state index < -0.39 is 6.61 Å². The van der Waals surface area contributed by atoms with Gasteiger partial charge in [-0.25, -0.2) is 9.50 Å². The highest BCUT2D eigenvalue weighted by Gasteiger charge is 2.25. The van der Waals surface area contributed by atoms with E-state index in [0.29, 0.717) is 30.3 Å². The van der Waals surface area contributed by atoms with Gasteiger partial charge < -0.3 is 20.4 Å². The number of rotatable bonds is 6. The minimum atomic E-state index is -2.72. The summed E-state index contributed by atoms with van der Waals surface area (Å²) in [5.74, 6) is 1.16. The molecule has 0 saturated heterocycles. The zero-order valence-electron chi connectivity index (χ0n) is 16.8. The molecule has 0 radical (unpaired) electrons. The number of ether oxygens (including phenoxy) is 1. The number of nitrogens with one attached hydrogen (secondary N) is 3. The van der Waals surface area contributed by atoms with Crippen molar-refractivity contribution in [1.29, 1.82) is 0 Å². The lowest BCUT2D eigenvalue weighted by molar-refractivity contribution is -0.169. The number of hydrogen-bond acceptors (Lipinski definition) is 7. The highest BCUT2D eigenvalue weighted by molar-refractivity contribution is 6.00. The van der Waals surface area contributed by atoms with E-state index >= 15 is 0 Å². The van der Waals surface area contributed by atoms with Crippen LogP contribution in [0.1, 0.15) is 25.7 Å². The molecule has 5 rings (SSSR count). The standard InChI is InChI=1S/C20H22F2N8O/c1-23-17-16-13(14-7-9-30-15(27-14)6-8-25-30)10-24-18(16)29-20(28-17)26-11-2-4-12(5-3-11)31-19(21)22/h6-12,19H,2-5H2,1H3,(H3,23,24,26,28,29)/t11-,12-. The van der Waals surface area contributed by atoms with Crippen molar-refractivity contribution in [1.82, 2.24) is 29.5 Å². The molecule has 0 bridgehead atoms. The van der Waals surface area contributed by atoms with Crippen molar-refractivity contribution in [3.63, 3.8) is 0 Å². The first-order valence-electron chi connectivity index (χ1n) is 10.2. The van der Waals surface area contributed by atoms with Gasteiger partial charge in [-0.15, -0.1) is 0 Å². The third-order valence-electron chi connectivity index (χ3n) is 5.61. The first kappa shape index (κ1) is 19.6. The fraction of sp³-hybridized carbons (Fsp3) is 0.400. The Morgan fingerprint density at radius 3 is 2.77 bits per heavy atom. The first-order valence-corrected chi connectivity index (χ1v) is 10.2. The van der Waals surface area contributed by atoms with Crippen LogP contribution in [0.15, 0.2) is 30.7 Å². The quantitative estimate of drug-likeness (QED) is 0.430. The van der Waals surface area contributed by atoms with Gasteiger partial charge in [0.25, 0.3) is 0 Å². The maximum absolute atomic E-state index is 12.4. The molecule has 162 valence electrons. The van der Waals surface area contributed by atoms with Gasteiger partial charge in [0.15, 0.2) is 5.65 Å². The number of H-pyrrole nitrogens is 1. The molecule has 1 aliphatic carbocycles. The van der Waals surface area contributed by atoms with E-state index in [9.17, 15) is 8.78 Å². The van der Waals surface area contributed by atoms with E-state index in [-0.39, 0.29) is 12.1 Å². The van der Waals surface area contributed by atoms with Crippen molar-refractivity contribution < 1.29 is 13.5 Å². The fourth-order valence-corrected chi connectivity index (χ4v) is 4.11. The summed E-state index contributed by atoms with van der Waals surface area (Å²) < 4.78 is 31.1. The molecule has 0 atom stereocenters. The van der Waals surface area contributed by atoms with Crippen molar-refractivity contribution >= 4 is 28.4 Å². The molecule has 0 aliphatic heterocycles. The summed E-state index contributed by atoms with van der Waals surface area (Å²) in [4.78, 5) is 17.1. The zero-order chi connectivity index (χ0) is 21.4. The maximum atomic E-state index is 12.4. The third kappa shape index (κ3) is 3.88. The highest BCUT2D eigenvalue weighted by atomic mass is 19.3. The smallest absolute Gasteiger partial charge is 0.345 e. The number of fused-ring (bicyclic) bond motifs is 2. The second-order valence-electron chi connectivity index (χ2n) is 7.53. The number of aromatic amines is 1. The van der Waals surface area contributed by atoms with E-state index in [2.05, 4.69) is 40.4 Å². The molecule has 4 heterocycles. The van der Waals surface area contributed by atoms with E-state index in [4.69, 9.17) is 0 Å². The Morgan fingerprint density at radius 1 is 1.16 bits per heavy atom. The first-order chi connectivity index (χ1) is 15.1. The minimum Gasteiger partial charge on any atom is -0.372 e. The van der Waals surface area contributed by atoms with Crippen LogP contribution in [0, 0.1) is 0 Å². The largest absolute Gasteiger partial charge is 0.372 e. The summed E-state index contributed by atoms with van der Waals surface area (Å²) in [7, 11) is 1.81. The number of halogens is 2. The van der Waals surface area contributed by atoms with E-state index in [0.717, 1.165) is 35.1 Å². The monoisotopic (exact) mass is 428 g/mol. The van der Waals surface area contributed by atoms with Crippen molar-refractivity contribution in [3.8, 4) is 11.3 Å². The Labute approximate surface area is 176 Å². The van der Waals surface area contributed by atoms with Crippen molar-refractivity contribution in [2.24, 2.45) is 0 Å². The average Bonchev–Trinajstić information content (AvgIpc) is 3.40. The average molecular weight is 428 g/mol. The van der Waals surface area contributed by atoms with Gasteiger partial charge in [0.2, 0.25) is 5.95 Å². The molecule has 0 spiro atoms. The summed E-state index contributed by atoms with van der Waals surface area (Å²) in [6, 6.07) is 3.85. The molecule has 4 aromatic rings. The maximum Gasteiger partial charge on any atom is 0.345 e. The van der Waals surface area contributed by atoms with Crippen LogP contribution in [-0.4, -0.2) is 55.4 Å². The van der Waals surface area contributed by atoms with Crippen LogP contribution in [0.4, 0.5) is 20.5 Å². The van der Waals surface area contributed by atoms with Crippen molar-refractivity contribution in [2.75, 3.05) is 17.7 Å². The molecule has 9 nitrogen and oxygen atoms in total. The lowest BCUT2D eigenvalue weighted by Crippen LogP contribution is -2.31. The topological polar surface area (TPSA) is 105 Å². The van der Waals surface area contributed by atoms with Crippen molar-refractivity contribution in [3.05, 3.63) is 30.7 Å². The van der Waals surface area contributed by atoms with Gasteiger partial charge in [-0.3, -0.25) is 0 Å². The van der Waals surface area contributed by atoms with Gasteiger partial charge in [-0.1, -0.05) is 0 Å². The predicted molar refractivity (Wildman–Crippen MR) is 112 cm³/mol. The van der Waals surface area contributed by atoms with Crippen molar-refractivity contribution in [2.45, 2.75) is 44.4 Å². The zero-order valence-corrected chi connectivity index (χ0v) is 16.8. The van der Waals surface area contributed by atoms with Crippen LogP contribution < -0.4 is 10.6 Å². The van der Waals surface area contributed by atoms with Crippen LogP contribution in [0.5, 0.6) is 0 Å². The molecule has 1 aliphatic rings. The van der Waals surface area contributed by atoms with Gasteiger partial charge in [0.05, 0.1) is 23.4 Å². The summed E-state index contributed by atoms with van der Waals surface area (Å²) in [6.45, 7) is -2.72. The van der Waals surface area contributed by atoms with Crippen LogP contribution >= 0.6 is 0 Å². The third-order valence-corrected chi connectivity index (χ3v) is 5.61. The van der Waals surface area contributed by atoms with E-state index in [1.165, 1.54) is 0 Å². The molecule has 11 heteroatoms. The van der Waals surface area contributed by atoms with Gasteiger partial charge in [0, 0.05) is 37.1 Å². The Hall–Kier alpha value is -3.34. The van der Waals surface area contributed by atoms with E-state index in [1.54, 1.807) is 10.7 Å². The number of hydrogen-bond donors (Lipinski definition) is 3. The number of alkyl halides is 2. The van der Waals surface area contributed by atoms with Crippen LogP contribution in [0.3, 0.4) is 0 Å². The summed E-state index contributed by atoms with van der Waals surface area (Å²) in [5, 5.41) is 11.5. The number of aromatic nitrogens is 6. The second kappa shape index (κ2) is 8.06. The van der Waals surface area contributed by atoms with Crippen LogP contribution in [0.25, 0.3) is 27.9 Å². The Balaban J connectivity index is 1.39. The summed E-state index contributed by atoms with van der Waals surface area (Å²) >= 11 is 0. The van der Waals surface area contributed by atoms with Gasteiger partial charge in [-0.05, 0) is 31.7 Å². The van der Waals surface area contributed by atoms with Gasteiger partial charge in [-0.2, -0.15) is 23.8 Å². The normalized spacial score (nSPS) is 19.4.